The maximum atomic E-state index is 4.26. The van der Waals surface area contributed by atoms with Gasteiger partial charge in [0.15, 0.2) is 0 Å². The lowest BCUT2D eigenvalue weighted by molar-refractivity contribution is 0.572. The van der Waals surface area contributed by atoms with Crippen molar-refractivity contribution in [2.24, 2.45) is 0 Å². The van der Waals surface area contributed by atoms with Crippen molar-refractivity contribution in [1.82, 2.24) is 0 Å². The highest BCUT2D eigenvalue weighted by Gasteiger charge is 2.54. The van der Waals surface area contributed by atoms with E-state index in [2.05, 4.69) is 87.2 Å². The summed E-state index contributed by atoms with van der Waals surface area (Å²) in [5.74, 6) is 0. The standard InChI is InChI=1S/C16H27BrSi/c1-7-15(3,4)18(17,8-2)16(5,6)14-12-10-9-11-13-14/h9-13H,7-8H2,1-6H3. The van der Waals surface area contributed by atoms with Gasteiger partial charge in [-0.05, 0) is 21.7 Å². The van der Waals surface area contributed by atoms with Crippen LogP contribution in [0.5, 0.6) is 0 Å². The Balaban J connectivity index is 3.31. The van der Waals surface area contributed by atoms with Gasteiger partial charge in [-0.3, -0.25) is 0 Å². The molecule has 0 bridgehead atoms. The molecule has 1 aromatic rings. The third-order valence-electron chi connectivity index (χ3n) is 4.93. The van der Waals surface area contributed by atoms with Crippen LogP contribution in [-0.2, 0) is 5.04 Å². The third-order valence-corrected chi connectivity index (χ3v) is 18.5. The zero-order valence-electron chi connectivity index (χ0n) is 12.7. The molecule has 0 fully saturated rings. The largest absolute Gasteiger partial charge is 0.145 e. The first-order valence-corrected chi connectivity index (χ1v) is 11.4. The number of benzene rings is 1. The molecule has 1 aromatic carbocycles. The van der Waals surface area contributed by atoms with Gasteiger partial charge in [-0.15, -0.1) is 15.3 Å². The van der Waals surface area contributed by atoms with Crippen molar-refractivity contribution in [3.05, 3.63) is 35.9 Å². The molecule has 0 aliphatic carbocycles. The second-order valence-corrected chi connectivity index (χ2v) is 15.4. The fourth-order valence-electron chi connectivity index (χ4n) is 3.13. The lowest BCUT2D eigenvalue weighted by Crippen LogP contribution is -2.54. The number of hydrogen-bond donors (Lipinski definition) is 0. The van der Waals surface area contributed by atoms with Crippen LogP contribution in [0.3, 0.4) is 0 Å². The minimum Gasteiger partial charge on any atom is -0.125 e. The molecule has 0 N–H and O–H groups in total. The minimum atomic E-state index is -1.61. The van der Waals surface area contributed by atoms with Crippen molar-refractivity contribution < 1.29 is 0 Å². The molecule has 0 heterocycles. The second kappa shape index (κ2) is 5.50. The molecule has 0 aromatic heterocycles. The summed E-state index contributed by atoms with van der Waals surface area (Å²) in [6.45, 7) is 12.8. The van der Waals surface area contributed by atoms with Crippen LogP contribution in [0.15, 0.2) is 30.3 Å². The highest BCUT2D eigenvalue weighted by molar-refractivity contribution is 9.26. The summed E-state index contributed by atoms with van der Waals surface area (Å²) in [5, 5.41) is 0.629. The Morgan fingerprint density at radius 2 is 1.50 bits per heavy atom. The minimum absolute atomic E-state index is 0.239. The number of hydrogen-bond acceptors (Lipinski definition) is 0. The maximum absolute atomic E-state index is 4.26. The summed E-state index contributed by atoms with van der Waals surface area (Å²) in [6, 6.07) is 12.2. The Bertz CT molecular complexity index is 383. The predicted octanol–water partition coefficient (Wildman–Crippen LogP) is 6.05. The van der Waals surface area contributed by atoms with Crippen LogP contribution in [0.2, 0.25) is 11.1 Å². The molecule has 0 radical (unpaired) electrons. The molecule has 0 amide bonds. The van der Waals surface area contributed by atoms with Crippen LogP contribution in [0.1, 0.15) is 53.5 Å². The fourth-order valence-corrected chi connectivity index (χ4v) is 9.38. The van der Waals surface area contributed by atoms with Gasteiger partial charge in [-0.25, -0.2) is 0 Å². The molecule has 102 valence electrons. The van der Waals surface area contributed by atoms with Crippen molar-refractivity contribution in [1.29, 1.82) is 0 Å². The molecule has 2 heteroatoms. The third kappa shape index (κ3) is 2.46. The van der Waals surface area contributed by atoms with E-state index < -0.39 is 6.69 Å². The lowest BCUT2D eigenvalue weighted by atomic mass is 10.0. The maximum Gasteiger partial charge on any atom is 0.145 e. The molecular formula is C16H27BrSi. The van der Waals surface area contributed by atoms with Gasteiger partial charge in [0, 0.05) is 0 Å². The van der Waals surface area contributed by atoms with Gasteiger partial charge in [-0.2, -0.15) is 0 Å². The van der Waals surface area contributed by atoms with Crippen molar-refractivity contribution in [2.75, 3.05) is 0 Å². The first kappa shape index (κ1) is 16.0. The van der Waals surface area contributed by atoms with Crippen LogP contribution in [0.25, 0.3) is 0 Å². The summed E-state index contributed by atoms with van der Waals surface area (Å²) < 4.78 is 0. The Labute approximate surface area is 122 Å². The van der Waals surface area contributed by atoms with Crippen molar-refractivity contribution in [2.45, 2.75) is 64.1 Å². The quantitative estimate of drug-likeness (QED) is 0.456. The highest BCUT2D eigenvalue weighted by atomic mass is 79.9. The smallest absolute Gasteiger partial charge is 0.125 e. The van der Waals surface area contributed by atoms with Crippen LogP contribution in [0, 0.1) is 0 Å². The summed E-state index contributed by atoms with van der Waals surface area (Å²) in [6.07, 6.45) is 1.23. The van der Waals surface area contributed by atoms with Crippen molar-refractivity contribution in [3.63, 3.8) is 0 Å². The van der Waals surface area contributed by atoms with E-state index in [9.17, 15) is 0 Å². The van der Waals surface area contributed by atoms with Crippen molar-refractivity contribution in [3.8, 4) is 0 Å². The van der Waals surface area contributed by atoms with Gasteiger partial charge in [0.2, 0.25) is 0 Å². The first-order valence-electron chi connectivity index (χ1n) is 6.97. The van der Waals surface area contributed by atoms with E-state index in [4.69, 9.17) is 0 Å². The summed E-state index contributed by atoms with van der Waals surface area (Å²) in [4.78, 5) is 0. The van der Waals surface area contributed by atoms with E-state index in [0.717, 1.165) is 0 Å². The average Bonchev–Trinajstić information content (AvgIpc) is 2.38. The van der Waals surface area contributed by atoms with E-state index in [1.807, 2.05) is 0 Å². The molecule has 0 nitrogen and oxygen atoms in total. The van der Waals surface area contributed by atoms with Crippen molar-refractivity contribution >= 4 is 22.0 Å². The monoisotopic (exact) mass is 326 g/mol. The molecule has 0 aliphatic rings. The van der Waals surface area contributed by atoms with Gasteiger partial charge in [-0.1, -0.05) is 78.3 Å². The number of rotatable bonds is 5. The van der Waals surface area contributed by atoms with Gasteiger partial charge in [0.25, 0.3) is 0 Å². The van der Waals surface area contributed by atoms with E-state index in [0.29, 0.717) is 5.04 Å². The van der Waals surface area contributed by atoms with E-state index in [1.54, 1.807) is 0 Å². The normalized spacial score (nSPS) is 16.4. The Kier molecular flexibility index (Phi) is 4.88. The van der Waals surface area contributed by atoms with Crippen LogP contribution >= 0.6 is 15.3 Å². The molecule has 1 rings (SSSR count). The first-order chi connectivity index (χ1) is 8.23. The van der Waals surface area contributed by atoms with E-state index in [-0.39, 0.29) is 5.04 Å². The van der Waals surface area contributed by atoms with Crippen LogP contribution in [-0.4, -0.2) is 6.69 Å². The molecular weight excluding hydrogens is 300 g/mol. The van der Waals surface area contributed by atoms with E-state index >= 15 is 0 Å². The highest BCUT2D eigenvalue weighted by Crippen LogP contribution is 2.55. The molecule has 0 aliphatic heterocycles. The molecule has 0 saturated carbocycles. The predicted molar refractivity (Wildman–Crippen MR) is 89.0 cm³/mol. The Morgan fingerprint density at radius 3 is 1.89 bits per heavy atom. The topological polar surface area (TPSA) is 0 Å². The SMILES string of the molecule is CCC(C)(C)[Si](Br)(CC)C(C)(C)c1ccccc1. The average molecular weight is 327 g/mol. The Morgan fingerprint density at radius 1 is 1.00 bits per heavy atom. The van der Waals surface area contributed by atoms with Gasteiger partial charge >= 0.3 is 0 Å². The number of halogens is 1. The Hall–Kier alpha value is -0.0831. The van der Waals surface area contributed by atoms with Crippen LogP contribution in [0.4, 0.5) is 0 Å². The molecule has 0 saturated heterocycles. The molecule has 18 heavy (non-hydrogen) atoms. The lowest BCUT2D eigenvalue weighted by Gasteiger charge is -2.50. The summed E-state index contributed by atoms with van der Waals surface area (Å²) >= 11 is 4.26. The molecule has 1 atom stereocenters. The summed E-state index contributed by atoms with van der Waals surface area (Å²) in [5.41, 5.74) is 1.47. The fraction of sp³-hybridized carbons (Fsp3) is 0.625. The van der Waals surface area contributed by atoms with Gasteiger partial charge < -0.3 is 0 Å². The van der Waals surface area contributed by atoms with Gasteiger partial charge in [0.1, 0.15) is 6.69 Å². The zero-order valence-corrected chi connectivity index (χ0v) is 15.3. The second-order valence-electron chi connectivity index (χ2n) is 6.38. The summed E-state index contributed by atoms with van der Waals surface area (Å²) in [7, 11) is 0. The molecule has 0 spiro atoms. The molecule has 1 unspecified atom stereocenters. The zero-order chi connectivity index (χ0) is 14.0. The van der Waals surface area contributed by atoms with E-state index in [1.165, 1.54) is 18.0 Å². The van der Waals surface area contributed by atoms with Gasteiger partial charge in [0.05, 0.1) is 0 Å². The van der Waals surface area contributed by atoms with Crippen LogP contribution < -0.4 is 0 Å².